The van der Waals surface area contributed by atoms with Gasteiger partial charge in [0.25, 0.3) is 0 Å². The normalized spacial score (nSPS) is 21.7. The van der Waals surface area contributed by atoms with Crippen molar-refractivity contribution in [3.05, 3.63) is 29.8 Å². The maximum Gasteiger partial charge on any atom is 0.227 e. The summed E-state index contributed by atoms with van der Waals surface area (Å²) >= 11 is 0. The minimum absolute atomic E-state index is 0. The van der Waals surface area contributed by atoms with Crippen molar-refractivity contribution in [2.45, 2.75) is 38.6 Å². The van der Waals surface area contributed by atoms with Crippen molar-refractivity contribution < 1.29 is 9.53 Å². The molecule has 1 N–H and O–H groups in total. The summed E-state index contributed by atoms with van der Waals surface area (Å²) in [6, 6.07) is 8.83. The van der Waals surface area contributed by atoms with Gasteiger partial charge in [0, 0.05) is 64.0 Å². The summed E-state index contributed by atoms with van der Waals surface area (Å²) in [5.41, 5.74) is 2.37. The van der Waals surface area contributed by atoms with E-state index in [1.165, 1.54) is 12.0 Å². The quantitative estimate of drug-likeness (QED) is 0.260. The van der Waals surface area contributed by atoms with Crippen LogP contribution in [-0.2, 0) is 16.0 Å². The molecule has 3 heterocycles. The highest BCUT2D eigenvalue weighted by molar-refractivity contribution is 14.0. The number of aliphatic imine (C=N–C) groups is 1. The molecule has 2 saturated heterocycles. The zero-order chi connectivity index (χ0) is 20.8. The lowest BCUT2D eigenvalue weighted by Crippen LogP contribution is -2.46. The average Bonchev–Trinajstić information content (AvgIpc) is 3.44. The van der Waals surface area contributed by atoms with Gasteiger partial charge in [-0.2, -0.15) is 0 Å². The van der Waals surface area contributed by atoms with E-state index in [2.05, 4.69) is 34.2 Å². The van der Waals surface area contributed by atoms with Gasteiger partial charge in [0.05, 0.1) is 13.2 Å². The average molecular weight is 541 g/mol. The maximum atomic E-state index is 12.7. The second kappa shape index (κ2) is 12.0. The highest BCUT2D eigenvalue weighted by Gasteiger charge is 2.30. The third-order valence-corrected chi connectivity index (χ3v) is 6.36. The molecule has 2 fully saturated rings. The van der Waals surface area contributed by atoms with Gasteiger partial charge in [0.15, 0.2) is 5.96 Å². The Kier molecular flexibility index (Phi) is 9.40. The molecule has 0 spiro atoms. The number of anilines is 1. The molecule has 0 radical (unpaired) electrons. The fourth-order valence-electron chi connectivity index (χ4n) is 4.75. The minimum Gasteiger partial charge on any atom is -0.379 e. The standard InChI is InChI=1S/C23H35N5O2.HI/c1-2-24-23(27-12-10-20(18-27)26-14-16-30-17-15-26)25-11-5-8-22(29)28-13-9-19-6-3-4-7-21(19)28;/h3-4,6-7,20H,2,5,8-18H2,1H3,(H,24,25);1H. The van der Waals surface area contributed by atoms with Gasteiger partial charge in [-0.1, -0.05) is 18.2 Å². The summed E-state index contributed by atoms with van der Waals surface area (Å²) in [5.74, 6) is 1.21. The number of benzene rings is 1. The van der Waals surface area contributed by atoms with Gasteiger partial charge in [-0.05, 0) is 37.8 Å². The smallest absolute Gasteiger partial charge is 0.227 e. The van der Waals surface area contributed by atoms with Crippen molar-refractivity contribution in [1.29, 1.82) is 0 Å². The number of fused-ring (bicyclic) bond motifs is 1. The number of carbonyl (C=O) groups is 1. The predicted octanol–water partition coefficient (Wildman–Crippen LogP) is 2.35. The lowest BCUT2D eigenvalue weighted by atomic mass is 10.2. The fourth-order valence-corrected chi connectivity index (χ4v) is 4.75. The van der Waals surface area contributed by atoms with Gasteiger partial charge in [0.1, 0.15) is 0 Å². The summed E-state index contributed by atoms with van der Waals surface area (Å²) in [7, 11) is 0. The molecule has 1 amide bonds. The second-order valence-electron chi connectivity index (χ2n) is 8.30. The van der Waals surface area contributed by atoms with Crippen LogP contribution in [0.5, 0.6) is 0 Å². The van der Waals surface area contributed by atoms with Crippen molar-refractivity contribution in [2.75, 3.05) is 63.9 Å². The molecule has 0 aliphatic carbocycles. The first kappa shape index (κ1) is 24.3. The van der Waals surface area contributed by atoms with Gasteiger partial charge in [0.2, 0.25) is 5.91 Å². The van der Waals surface area contributed by atoms with E-state index in [1.807, 2.05) is 17.0 Å². The topological polar surface area (TPSA) is 60.4 Å². The zero-order valence-electron chi connectivity index (χ0n) is 18.6. The molecule has 1 unspecified atom stereocenters. The number of morpholine rings is 1. The van der Waals surface area contributed by atoms with Crippen LogP contribution in [0.25, 0.3) is 0 Å². The van der Waals surface area contributed by atoms with E-state index >= 15 is 0 Å². The molecule has 0 saturated carbocycles. The highest BCUT2D eigenvalue weighted by Crippen LogP contribution is 2.28. The Bertz CT molecular complexity index is 753. The van der Waals surface area contributed by atoms with Crippen molar-refractivity contribution in [2.24, 2.45) is 4.99 Å². The number of guanidine groups is 1. The molecule has 1 aromatic rings. The summed E-state index contributed by atoms with van der Waals surface area (Å²) < 4.78 is 5.49. The number of likely N-dealkylation sites (tertiary alicyclic amines) is 1. The van der Waals surface area contributed by atoms with Crippen molar-refractivity contribution in [3.63, 3.8) is 0 Å². The Labute approximate surface area is 203 Å². The van der Waals surface area contributed by atoms with E-state index in [4.69, 9.17) is 9.73 Å². The van der Waals surface area contributed by atoms with Crippen molar-refractivity contribution >= 4 is 41.5 Å². The number of hydrogen-bond acceptors (Lipinski definition) is 4. The van der Waals surface area contributed by atoms with Crippen LogP contribution in [-0.4, -0.2) is 86.7 Å². The number of para-hydroxylation sites is 1. The van der Waals surface area contributed by atoms with Crippen LogP contribution in [0.4, 0.5) is 5.69 Å². The molecule has 3 aliphatic rings. The van der Waals surface area contributed by atoms with Crippen LogP contribution in [0.1, 0.15) is 31.7 Å². The van der Waals surface area contributed by atoms with E-state index < -0.39 is 0 Å². The summed E-state index contributed by atoms with van der Waals surface area (Å²) in [6.45, 7) is 10.3. The lowest BCUT2D eigenvalue weighted by Gasteiger charge is -2.32. The lowest BCUT2D eigenvalue weighted by molar-refractivity contribution is -0.118. The third-order valence-electron chi connectivity index (χ3n) is 6.36. The molecule has 8 heteroatoms. The number of rotatable bonds is 6. The Morgan fingerprint density at radius 3 is 2.81 bits per heavy atom. The van der Waals surface area contributed by atoms with Crippen molar-refractivity contribution in [3.8, 4) is 0 Å². The number of amides is 1. The Balaban J connectivity index is 0.00000272. The number of ether oxygens (including phenoxy) is 1. The molecule has 1 atom stereocenters. The van der Waals surface area contributed by atoms with Crippen LogP contribution in [0.3, 0.4) is 0 Å². The first-order valence-electron chi connectivity index (χ1n) is 11.5. The monoisotopic (exact) mass is 541 g/mol. The van der Waals surface area contributed by atoms with Gasteiger partial charge in [-0.15, -0.1) is 24.0 Å². The van der Waals surface area contributed by atoms with Crippen LogP contribution in [0.2, 0.25) is 0 Å². The molecule has 0 bridgehead atoms. The van der Waals surface area contributed by atoms with Crippen LogP contribution in [0, 0.1) is 0 Å². The van der Waals surface area contributed by atoms with E-state index in [-0.39, 0.29) is 29.9 Å². The molecule has 31 heavy (non-hydrogen) atoms. The largest absolute Gasteiger partial charge is 0.379 e. The number of nitrogens with one attached hydrogen (secondary N) is 1. The van der Waals surface area contributed by atoms with Gasteiger partial charge in [-0.25, -0.2) is 0 Å². The molecule has 4 rings (SSSR count). The van der Waals surface area contributed by atoms with Crippen molar-refractivity contribution in [1.82, 2.24) is 15.1 Å². The van der Waals surface area contributed by atoms with Crippen LogP contribution < -0.4 is 10.2 Å². The van der Waals surface area contributed by atoms with E-state index in [0.29, 0.717) is 19.0 Å². The van der Waals surface area contributed by atoms with E-state index in [9.17, 15) is 4.79 Å². The molecular weight excluding hydrogens is 505 g/mol. The minimum atomic E-state index is 0. The molecule has 7 nitrogen and oxygen atoms in total. The first-order chi connectivity index (χ1) is 14.8. The van der Waals surface area contributed by atoms with Crippen LogP contribution in [0.15, 0.2) is 29.3 Å². The molecule has 172 valence electrons. The molecule has 3 aliphatic heterocycles. The van der Waals surface area contributed by atoms with Crippen LogP contribution >= 0.6 is 24.0 Å². The maximum absolute atomic E-state index is 12.7. The van der Waals surface area contributed by atoms with Gasteiger partial charge >= 0.3 is 0 Å². The first-order valence-corrected chi connectivity index (χ1v) is 11.5. The van der Waals surface area contributed by atoms with E-state index in [1.54, 1.807) is 0 Å². The zero-order valence-corrected chi connectivity index (χ0v) is 20.9. The Morgan fingerprint density at radius 1 is 1.19 bits per heavy atom. The number of halogens is 1. The Morgan fingerprint density at radius 2 is 2.00 bits per heavy atom. The van der Waals surface area contributed by atoms with Gasteiger partial charge < -0.3 is 19.9 Å². The SMILES string of the molecule is CCNC(=NCCCC(=O)N1CCc2ccccc21)N1CCC(N2CCOCC2)C1.I. The summed E-state index contributed by atoms with van der Waals surface area (Å²) in [6.07, 6.45) is 3.47. The fraction of sp³-hybridized carbons (Fsp3) is 0.652. The second-order valence-corrected chi connectivity index (χ2v) is 8.30. The number of carbonyl (C=O) groups excluding carboxylic acids is 1. The van der Waals surface area contributed by atoms with E-state index in [0.717, 1.165) is 77.0 Å². The predicted molar refractivity (Wildman–Crippen MR) is 135 cm³/mol. The summed E-state index contributed by atoms with van der Waals surface area (Å²) in [4.78, 5) is 24.4. The molecular formula is C23H36IN5O2. The summed E-state index contributed by atoms with van der Waals surface area (Å²) in [5, 5.41) is 3.44. The third kappa shape index (κ3) is 6.10. The number of nitrogens with zero attached hydrogens (tertiary/aromatic N) is 4. The molecule has 0 aromatic heterocycles. The highest BCUT2D eigenvalue weighted by atomic mass is 127. The Hall–Kier alpha value is -1.39. The number of hydrogen-bond donors (Lipinski definition) is 1. The molecule has 1 aromatic carbocycles. The van der Waals surface area contributed by atoms with Gasteiger partial charge in [-0.3, -0.25) is 14.7 Å².